The largest absolute Gasteiger partial charge is 0.468 e. The second-order valence-corrected chi connectivity index (χ2v) is 4.07. The van der Waals surface area contributed by atoms with Gasteiger partial charge in [0.25, 0.3) is 0 Å². The summed E-state index contributed by atoms with van der Waals surface area (Å²) < 4.78 is 9.21. The minimum Gasteiger partial charge on any atom is -0.468 e. The topological polar surface area (TPSA) is 72.9 Å². The molecule has 1 rings (SSSR count). The SMILES string of the molecule is CCOC(=O)/C=C1\SCC(=O)N1CC(=O)OC. The molecular formula is C10H13NO5S. The molecule has 1 amide bonds. The van der Waals surface area contributed by atoms with Crippen molar-refractivity contribution < 1.29 is 23.9 Å². The fourth-order valence-corrected chi connectivity index (χ4v) is 2.11. The number of carbonyl (C=O) groups is 3. The third-order valence-corrected chi connectivity index (χ3v) is 2.98. The van der Waals surface area contributed by atoms with Gasteiger partial charge in [-0.3, -0.25) is 14.5 Å². The van der Waals surface area contributed by atoms with E-state index in [9.17, 15) is 14.4 Å². The first-order valence-electron chi connectivity index (χ1n) is 4.97. The molecule has 7 heteroatoms. The zero-order valence-corrected chi connectivity index (χ0v) is 10.4. The Morgan fingerprint density at radius 2 is 2.24 bits per heavy atom. The number of hydrogen-bond acceptors (Lipinski definition) is 6. The summed E-state index contributed by atoms with van der Waals surface area (Å²) in [4.78, 5) is 35.0. The molecule has 1 aliphatic rings. The fourth-order valence-electron chi connectivity index (χ4n) is 1.18. The smallest absolute Gasteiger partial charge is 0.333 e. The van der Waals surface area contributed by atoms with Crippen LogP contribution in [0.2, 0.25) is 0 Å². The third-order valence-electron chi connectivity index (χ3n) is 1.95. The van der Waals surface area contributed by atoms with Crippen molar-refractivity contribution in [1.29, 1.82) is 0 Å². The van der Waals surface area contributed by atoms with Crippen LogP contribution in [0.15, 0.2) is 11.1 Å². The van der Waals surface area contributed by atoms with Crippen LogP contribution in [0, 0.1) is 0 Å². The van der Waals surface area contributed by atoms with Crippen LogP contribution < -0.4 is 0 Å². The van der Waals surface area contributed by atoms with Gasteiger partial charge in [0, 0.05) is 0 Å². The second-order valence-electron chi connectivity index (χ2n) is 3.08. The molecule has 0 unspecified atom stereocenters. The van der Waals surface area contributed by atoms with Gasteiger partial charge in [-0.25, -0.2) is 4.79 Å². The van der Waals surface area contributed by atoms with Gasteiger partial charge in [0.2, 0.25) is 5.91 Å². The molecule has 0 aromatic rings. The first-order chi connectivity index (χ1) is 8.08. The first-order valence-corrected chi connectivity index (χ1v) is 5.95. The van der Waals surface area contributed by atoms with Crippen LogP contribution in [0.5, 0.6) is 0 Å². The number of nitrogens with zero attached hydrogens (tertiary/aromatic N) is 1. The Kier molecular flexibility index (Phi) is 5.02. The molecule has 0 aromatic heterocycles. The van der Waals surface area contributed by atoms with E-state index >= 15 is 0 Å². The molecule has 0 spiro atoms. The Hall–Kier alpha value is -1.50. The molecule has 6 nitrogen and oxygen atoms in total. The number of carbonyl (C=O) groups excluding carboxylic acids is 3. The van der Waals surface area contributed by atoms with E-state index in [2.05, 4.69) is 4.74 Å². The van der Waals surface area contributed by atoms with Gasteiger partial charge >= 0.3 is 11.9 Å². The zero-order chi connectivity index (χ0) is 12.8. The van der Waals surface area contributed by atoms with Crippen molar-refractivity contribution in [2.75, 3.05) is 26.0 Å². The summed E-state index contributed by atoms with van der Waals surface area (Å²) >= 11 is 1.19. The summed E-state index contributed by atoms with van der Waals surface area (Å²) in [6, 6.07) is 0. The van der Waals surface area contributed by atoms with E-state index in [1.165, 1.54) is 29.8 Å². The van der Waals surface area contributed by atoms with Crippen LogP contribution >= 0.6 is 11.8 Å². The Labute approximate surface area is 103 Å². The predicted octanol–water partition coefficient (Wildman–Crippen LogP) is 0.139. The Morgan fingerprint density at radius 1 is 1.53 bits per heavy atom. The molecular weight excluding hydrogens is 246 g/mol. The average molecular weight is 259 g/mol. The number of thioether (sulfide) groups is 1. The van der Waals surface area contributed by atoms with Crippen molar-refractivity contribution in [3.8, 4) is 0 Å². The molecule has 0 aliphatic carbocycles. The minimum absolute atomic E-state index is 0.187. The number of esters is 2. The number of rotatable bonds is 4. The molecule has 1 heterocycles. The van der Waals surface area contributed by atoms with Gasteiger partial charge in [0.15, 0.2) is 0 Å². The summed E-state index contributed by atoms with van der Waals surface area (Å²) in [5.41, 5.74) is 0. The molecule has 0 saturated carbocycles. The van der Waals surface area contributed by atoms with Crippen LogP contribution in [0.3, 0.4) is 0 Å². The molecule has 17 heavy (non-hydrogen) atoms. The van der Waals surface area contributed by atoms with Crippen molar-refractivity contribution >= 4 is 29.6 Å². The minimum atomic E-state index is -0.532. The Morgan fingerprint density at radius 3 is 2.82 bits per heavy atom. The lowest BCUT2D eigenvalue weighted by molar-refractivity contribution is -0.144. The van der Waals surface area contributed by atoms with E-state index in [0.717, 1.165) is 0 Å². The Bertz CT molecular complexity index is 366. The average Bonchev–Trinajstić information content (AvgIpc) is 2.61. The van der Waals surface area contributed by atoms with Gasteiger partial charge in [0.05, 0.1) is 30.6 Å². The van der Waals surface area contributed by atoms with Crippen LogP contribution in [0.1, 0.15) is 6.92 Å². The lowest BCUT2D eigenvalue weighted by Gasteiger charge is -2.14. The van der Waals surface area contributed by atoms with E-state index in [-0.39, 0.29) is 24.8 Å². The highest BCUT2D eigenvalue weighted by Crippen LogP contribution is 2.28. The fraction of sp³-hybridized carbons (Fsp3) is 0.500. The quantitative estimate of drug-likeness (QED) is 0.528. The summed E-state index contributed by atoms with van der Waals surface area (Å²) in [6.07, 6.45) is 1.21. The highest BCUT2D eigenvalue weighted by Gasteiger charge is 2.29. The van der Waals surface area contributed by atoms with E-state index in [4.69, 9.17) is 4.74 Å². The molecule has 1 saturated heterocycles. The van der Waals surface area contributed by atoms with E-state index in [1.54, 1.807) is 6.92 Å². The standard InChI is InChI=1S/C10H13NO5S/c1-3-16-9(13)4-8-11(5-10(14)15-2)7(12)6-17-8/h4H,3,5-6H2,1-2H3/b8-4-. The van der Waals surface area contributed by atoms with Gasteiger partial charge in [-0.2, -0.15) is 0 Å². The number of methoxy groups -OCH3 is 1. The molecule has 0 atom stereocenters. The molecule has 0 N–H and O–H groups in total. The van der Waals surface area contributed by atoms with E-state index < -0.39 is 11.9 Å². The molecule has 0 bridgehead atoms. The van der Waals surface area contributed by atoms with Crippen molar-refractivity contribution in [3.63, 3.8) is 0 Å². The van der Waals surface area contributed by atoms with Gasteiger partial charge in [0.1, 0.15) is 6.54 Å². The molecule has 1 aliphatic heterocycles. The van der Waals surface area contributed by atoms with Crippen molar-refractivity contribution in [2.24, 2.45) is 0 Å². The lowest BCUT2D eigenvalue weighted by atomic mass is 10.4. The summed E-state index contributed by atoms with van der Waals surface area (Å²) in [5.74, 6) is -1.08. The lowest BCUT2D eigenvalue weighted by Crippen LogP contribution is -2.31. The molecule has 0 radical (unpaired) electrons. The normalized spacial score (nSPS) is 17.4. The maximum atomic E-state index is 11.5. The maximum Gasteiger partial charge on any atom is 0.333 e. The van der Waals surface area contributed by atoms with E-state index in [1.807, 2.05) is 0 Å². The highest BCUT2D eigenvalue weighted by molar-refractivity contribution is 8.04. The number of ether oxygens (including phenoxy) is 2. The van der Waals surface area contributed by atoms with Gasteiger partial charge in [-0.05, 0) is 6.92 Å². The summed E-state index contributed by atoms with van der Waals surface area (Å²) in [6.45, 7) is 1.77. The monoisotopic (exact) mass is 259 g/mol. The second kappa shape index (κ2) is 6.29. The van der Waals surface area contributed by atoms with Crippen LogP contribution in [-0.2, 0) is 23.9 Å². The third kappa shape index (κ3) is 3.77. The van der Waals surface area contributed by atoms with E-state index in [0.29, 0.717) is 5.03 Å². The Balaban J connectivity index is 2.73. The van der Waals surface area contributed by atoms with Crippen molar-refractivity contribution in [3.05, 3.63) is 11.1 Å². The van der Waals surface area contributed by atoms with Crippen molar-refractivity contribution in [2.45, 2.75) is 6.92 Å². The van der Waals surface area contributed by atoms with Gasteiger partial charge < -0.3 is 9.47 Å². The maximum absolute atomic E-state index is 11.5. The molecule has 0 aromatic carbocycles. The number of amides is 1. The van der Waals surface area contributed by atoms with Crippen LogP contribution in [-0.4, -0.2) is 48.8 Å². The van der Waals surface area contributed by atoms with Gasteiger partial charge in [-0.1, -0.05) is 11.8 Å². The van der Waals surface area contributed by atoms with Crippen LogP contribution in [0.25, 0.3) is 0 Å². The zero-order valence-electron chi connectivity index (χ0n) is 9.60. The number of hydrogen-bond donors (Lipinski definition) is 0. The van der Waals surface area contributed by atoms with Crippen LogP contribution in [0.4, 0.5) is 0 Å². The summed E-state index contributed by atoms with van der Waals surface area (Å²) in [7, 11) is 1.24. The van der Waals surface area contributed by atoms with Gasteiger partial charge in [-0.15, -0.1) is 0 Å². The molecule has 1 fully saturated rings. The highest BCUT2D eigenvalue weighted by atomic mass is 32.2. The first kappa shape index (κ1) is 13.6. The molecule has 94 valence electrons. The predicted molar refractivity (Wildman–Crippen MR) is 60.9 cm³/mol. The van der Waals surface area contributed by atoms with Crippen molar-refractivity contribution in [1.82, 2.24) is 4.90 Å². The summed E-state index contributed by atoms with van der Waals surface area (Å²) in [5, 5.41) is 0.416.